The Bertz CT molecular complexity index is 96.8. The quantitative estimate of drug-likeness (QED) is 0.371. The second kappa shape index (κ2) is 13.8. The van der Waals surface area contributed by atoms with Crippen molar-refractivity contribution in [1.29, 1.82) is 0 Å². The van der Waals surface area contributed by atoms with Gasteiger partial charge in [-0.3, -0.25) is 0 Å². The summed E-state index contributed by atoms with van der Waals surface area (Å²) < 4.78 is 20.4. The standard InChI is InChI=1S/C11H24O4/c1-12-7-3-5-9-14-11-15-10-6-4-8-13-2/h3-11H2,1-2H3. The molecule has 0 saturated heterocycles. The highest BCUT2D eigenvalue weighted by Crippen LogP contribution is 1.93. The SMILES string of the molecule is COCCCCOCOCCCCOC. The molecule has 0 spiro atoms. The topological polar surface area (TPSA) is 36.9 Å². The Morgan fingerprint density at radius 2 is 1.00 bits per heavy atom. The van der Waals surface area contributed by atoms with Crippen LogP contribution in [0, 0.1) is 0 Å². The van der Waals surface area contributed by atoms with Crippen LogP contribution in [0.25, 0.3) is 0 Å². The summed E-state index contributed by atoms with van der Waals surface area (Å²) in [6.07, 6.45) is 4.15. The summed E-state index contributed by atoms with van der Waals surface area (Å²) >= 11 is 0. The van der Waals surface area contributed by atoms with Gasteiger partial charge in [0, 0.05) is 40.6 Å². The third-order valence-electron chi connectivity index (χ3n) is 1.94. The zero-order valence-electron chi connectivity index (χ0n) is 10.00. The molecule has 0 rings (SSSR count). The number of rotatable bonds is 12. The van der Waals surface area contributed by atoms with Gasteiger partial charge in [0.15, 0.2) is 0 Å². The fraction of sp³-hybridized carbons (Fsp3) is 1.00. The Kier molecular flexibility index (Phi) is 13.7. The molecule has 0 aromatic carbocycles. The average molecular weight is 220 g/mol. The van der Waals surface area contributed by atoms with Gasteiger partial charge in [0.05, 0.1) is 0 Å². The first-order valence-corrected chi connectivity index (χ1v) is 5.55. The van der Waals surface area contributed by atoms with Gasteiger partial charge in [-0.25, -0.2) is 0 Å². The molecule has 4 heteroatoms. The molecule has 0 aliphatic heterocycles. The smallest absolute Gasteiger partial charge is 0.146 e. The lowest BCUT2D eigenvalue weighted by Gasteiger charge is -2.05. The van der Waals surface area contributed by atoms with Gasteiger partial charge in [0.25, 0.3) is 0 Å². The van der Waals surface area contributed by atoms with Crippen molar-refractivity contribution in [3.8, 4) is 0 Å². The zero-order valence-corrected chi connectivity index (χ0v) is 10.00. The molecule has 0 aromatic rings. The Morgan fingerprint density at radius 1 is 0.600 bits per heavy atom. The fourth-order valence-corrected chi connectivity index (χ4v) is 1.08. The highest BCUT2D eigenvalue weighted by Gasteiger charge is 1.91. The van der Waals surface area contributed by atoms with Crippen LogP contribution < -0.4 is 0 Å². The number of hydrogen-bond acceptors (Lipinski definition) is 4. The van der Waals surface area contributed by atoms with Crippen LogP contribution in [-0.2, 0) is 18.9 Å². The Morgan fingerprint density at radius 3 is 1.40 bits per heavy atom. The van der Waals surface area contributed by atoms with Crippen molar-refractivity contribution in [1.82, 2.24) is 0 Å². The van der Waals surface area contributed by atoms with Gasteiger partial charge in [0.1, 0.15) is 6.79 Å². The maximum Gasteiger partial charge on any atom is 0.146 e. The molecular weight excluding hydrogens is 196 g/mol. The first-order chi connectivity index (χ1) is 7.41. The van der Waals surface area contributed by atoms with Gasteiger partial charge in [-0.1, -0.05) is 0 Å². The van der Waals surface area contributed by atoms with Gasteiger partial charge in [-0.2, -0.15) is 0 Å². The normalized spacial score (nSPS) is 10.8. The van der Waals surface area contributed by atoms with Gasteiger partial charge < -0.3 is 18.9 Å². The van der Waals surface area contributed by atoms with E-state index in [0.29, 0.717) is 6.79 Å². The summed E-state index contributed by atoms with van der Waals surface area (Å²) in [5.41, 5.74) is 0. The van der Waals surface area contributed by atoms with Crippen molar-refractivity contribution in [3.05, 3.63) is 0 Å². The minimum absolute atomic E-state index is 0.403. The van der Waals surface area contributed by atoms with E-state index >= 15 is 0 Å². The van der Waals surface area contributed by atoms with Crippen molar-refractivity contribution in [3.63, 3.8) is 0 Å². The minimum atomic E-state index is 0.403. The van der Waals surface area contributed by atoms with Gasteiger partial charge in [-0.15, -0.1) is 0 Å². The first kappa shape index (κ1) is 14.8. The molecule has 0 aromatic heterocycles. The van der Waals surface area contributed by atoms with Crippen molar-refractivity contribution in [2.24, 2.45) is 0 Å². The van der Waals surface area contributed by atoms with E-state index < -0.39 is 0 Å². The molecule has 0 heterocycles. The van der Waals surface area contributed by atoms with E-state index in [4.69, 9.17) is 18.9 Å². The number of unbranched alkanes of at least 4 members (excludes halogenated alkanes) is 2. The zero-order chi connectivity index (χ0) is 11.2. The molecule has 0 saturated carbocycles. The maximum absolute atomic E-state index is 5.28. The van der Waals surface area contributed by atoms with E-state index in [-0.39, 0.29) is 0 Å². The van der Waals surface area contributed by atoms with Gasteiger partial charge in [0.2, 0.25) is 0 Å². The largest absolute Gasteiger partial charge is 0.385 e. The maximum atomic E-state index is 5.28. The Hall–Kier alpha value is -0.160. The fourth-order valence-electron chi connectivity index (χ4n) is 1.08. The predicted molar refractivity (Wildman–Crippen MR) is 59.0 cm³/mol. The third-order valence-corrected chi connectivity index (χ3v) is 1.94. The molecule has 15 heavy (non-hydrogen) atoms. The molecule has 0 aliphatic rings. The predicted octanol–water partition coefficient (Wildman–Crippen LogP) is 1.83. The monoisotopic (exact) mass is 220 g/mol. The summed E-state index contributed by atoms with van der Waals surface area (Å²) in [6.45, 7) is 3.52. The average Bonchev–Trinajstić information content (AvgIpc) is 2.26. The Balaban J connectivity index is 2.81. The van der Waals surface area contributed by atoms with Crippen molar-refractivity contribution >= 4 is 0 Å². The molecule has 0 radical (unpaired) electrons. The molecular formula is C11H24O4. The second-order valence-electron chi connectivity index (χ2n) is 3.33. The van der Waals surface area contributed by atoms with Gasteiger partial charge in [-0.05, 0) is 25.7 Å². The molecule has 0 bridgehead atoms. The highest BCUT2D eigenvalue weighted by atomic mass is 16.7. The Labute approximate surface area is 92.8 Å². The third kappa shape index (κ3) is 13.8. The lowest BCUT2D eigenvalue weighted by atomic mass is 10.3. The number of hydrogen-bond donors (Lipinski definition) is 0. The molecule has 0 amide bonds. The van der Waals surface area contributed by atoms with Crippen LogP contribution in [-0.4, -0.2) is 47.4 Å². The lowest BCUT2D eigenvalue weighted by Crippen LogP contribution is -2.04. The van der Waals surface area contributed by atoms with E-state index in [0.717, 1.165) is 52.1 Å². The van der Waals surface area contributed by atoms with Crippen molar-refractivity contribution in [2.45, 2.75) is 25.7 Å². The number of ether oxygens (including phenoxy) is 4. The van der Waals surface area contributed by atoms with E-state index in [1.807, 2.05) is 0 Å². The number of methoxy groups -OCH3 is 2. The second-order valence-corrected chi connectivity index (χ2v) is 3.33. The molecule has 0 unspecified atom stereocenters. The first-order valence-electron chi connectivity index (χ1n) is 5.55. The van der Waals surface area contributed by atoms with Crippen LogP contribution in [0.4, 0.5) is 0 Å². The van der Waals surface area contributed by atoms with Gasteiger partial charge >= 0.3 is 0 Å². The summed E-state index contributed by atoms with van der Waals surface area (Å²) in [5.74, 6) is 0. The van der Waals surface area contributed by atoms with Crippen LogP contribution in [0.5, 0.6) is 0 Å². The van der Waals surface area contributed by atoms with Crippen LogP contribution in [0.2, 0.25) is 0 Å². The lowest BCUT2D eigenvalue weighted by molar-refractivity contribution is -0.0568. The highest BCUT2D eigenvalue weighted by molar-refractivity contribution is 4.37. The summed E-state index contributed by atoms with van der Waals surface area (Å²) in [6, 6.07) is 0. The van der Waals surface area contributed by atoms with Crippen LogP contribution in [0.15, 0.2) is 0 Å². The molecule has 0 N–H and O–H groups in total. The summed E-state index contributed by atoms with van der Waals surface area (Å²) in [5, 5.41) is 0. The molecule has 92 valence electrons. The summed E-state index contributed by atoms with van der Waals surface area (Å²) in [7, 11) is 3.42. The van der Waals surface area contributed by atoms with Crippen molar-refractivity contribution < 1.29 is 18.9 Å². The van der Waals surface area contributed by atoms with E-state index in [2.05, 4.69) is 0 Å². The molecule has 0 fully saturated rings. The minimum Gasteiger partial charge on any atom is -0.385 e. The van der Waals surface area contributed by atoms with Crippen LogP contribution in [0.3, 0.4) is 0 Å². The van der Waals surface area contributed by atoms with E-state index in [9.17, 15) is 0 Å². The van der Waals surface area contributed by atoms with E-state index in [1.165, 1.54) is 0 Å². The van der Waals surface area contributed by atoms with Crippen molar-refractivity contribution in [2.75, 3.05) is 47.4 Å². The van der Waals surface area contributed by atoms with Crippen LogP contribution in [0.1, 0.15) is 25.7 Å². The molecule has 0 aliphatic carbocycles. The summed E-state index contributed by atoms with van der Waals surface area (Å²) in [4.78, 5) is 0. The van der Waals surface area contributed by atoms with Crippen LogP contribution >= 0.6 is 0 Å². The van der Waals surface area contributed by atoms with E-state index in [1.54, 1.807) is 14.2 Å². The molecule has 0 atom stereocenters. The molecule has 4 nitrogen and oxygen atoms in total.